The fourth-order valence-corrected chi connectivity index (χ4v) is 1.57. The molecule has 1 aromatic rings. The van der Waals surface area contributed by atoms with Gasteiger partial charge in [0, 0.05) is 25.8 Å². The van der Waals surface area contributed by atoms with Crippen LogP contribution in [0.25, 0.3) is 0 Å². The predicted octanol–water partition coefficient (Wildman–Crippen LogP) is 2.02. The van der Waals surface area contributed by atoms with Crippen LogP contribution in [0.1, 0.15) is 26.5 Å². The third-order valence-corrected chi connectivity index (χ3v) is 3.02. The van der Waals surface area contributed by atoms with Gasteiger partial charge in [0.15, 0.2) is 0 Å². The van der Waals surface area contributed by atoms with Crippen molar-refractivity contribution >= 4 is 5.69 Å². The zero-order valence-electron chi connectivity index (χ0n) is 10.1. The minimum Gasteiger partial charge on any atom is -0.370 e. The second-order valence-corrected chi connectivity index (χ2v) is 4.27. The highest BCUT2D eigenvalue weighted by Crippen LogP contribution is 2.21. The van der Waals surface area contributed by atoms with Crippen molar-refractivity contribution in [3.63, 3.8) is 0 Å². The van der Waals surface area contributed by atoms with Gasteiger partial charge in [-0.25, -0.2) is 0 Å². The molecule has 0 fully saturated rings. The maximum absolute atomic E-state index is 5.68. The van der Waals surface area contributed by atoms with Gasteiger partial charge < -0.3 is 10.6 Å². The first-order valence-corrected chi connectivity index (χ1v) is 5.44. The molecule has 1 atom stereocenters. The summed E-state index contributed by atoms with van der Waals surface area (Å²) in [6, 6.07) is 4.52. The van der Waals surface area contributed by atoms with E-state index in [1.54, 1.807) is 6.20 Å². The number of aromatic nitrogens is 1. The van der Waals surface area contributed by atoms with Crippen LogP contribution in [0.3, 0.4) is 0 Å². The van der Waals surface area contributed by atoms with E-state index in [0.29, 0.717) is 18.5 Å². The lowest BCUT2D eigenvalue weighted by atomic mass is 10.0. The van der Waals surface area contributed by atoms with E-state index in [1.165, 1.54) is 0 Å². The molecule has 3 heteroatoms. The van der Waals surface area contributed by atoms with Crippen LogP contribution in [0.5, 0.6) is 0 Å². The van der Waals surface area contributed by atoms with Crippen LogP contribution >= 0.6 is 0 Å². The lowest BCUT2D eigenvalue weighted by molar-refractivity contribution is 0.504. The summed E-state index contributed by atoms with van der Waals surface area (Å²) in [6.07, 6.45) is 1.79. The molecule has 1 heterocycles. The third-order valence-electron chi connectivity index (χ3n) is 3.02. The lowest BCUT2D eigenvalue weighted by Crippen LogP contribution is -2.34. The molecule has 15 heavy (non-hydrogen) atoms. The number of pyridine rings is 1. The predicted molar refractivity (Wildman–Crippen MR) is 64.8 cm³/mol. The van der Waals surface area contributed by atoms with Crippen molar-refractivity contribution in [2.24, 2.45) is 11.7 Å². The average Bonchev–Trinajstić information content (AvgIpc) is 2.26. The molecule has 1 rings (SSSR count). The first-order valence-electron chi connectivity index (χ1n) is 5.44. The Labute approximate surface area is 92.3 Å². The second-order valence-electron chi connectivity index (χ2n) is 4.27. The van der Waals surface area contributed by atoms with Crippen molar-refractivity contribution in [1.82, 2.24) is 4.98 Å². The molecule has 0 aliphatic heterocycles. The van der Waals surface area contributed by atoms with Gasteiger partial charge in [-0.15, -0.1) is 0 Å². The van der Waals surface area contributed by atoms with E-state index in [2.05, 4.69) is 43.8 Å². The number of hydrogen-bond acceptors (Lipinski definition) is 3. The fraction of sp³-hybridized carbons (Fsp3) is 0.583. The second kappa shape index (κ2) is 5.12. The molecular weight excluding hydrogens is 186 g/mol. The molecule has 0 bridgehead atoms. The minimum atomic E-state index is 0.486. The quantitative estimate of drug-likeness (QED) is 0.821. The van der Waals surface area contributed by atoms with Gasteiger partial charge in [-0.05, 0) is 25.0 Å². The van der Waals surface area contributed by atoms with Crippen molar-refractivity contribution in [1.29, 1.82) is 0 Å². The maximum Gasteiger partial charge on any atom is 0.0772 e. The van der Waals surface area contributed by atoms with E-state index in [0.717, 1.165) is 11.4 Å². The van der Waals surface area contributed by atoms with Crippen LogP contribution in [-0.4, -0.2) is 18.1 Å². The van der Waals surface area contributed by atoms with Gasteiger partial charge in [-0.1, -0.05) is 13.8 Å². The molecule has 0 radical (unpaired) electrons. The zero-order chi connectivity index (χ0) is 11.4. The molecule has 0 aliphatic carbocycles. The highest BCUT2D eigenvalue weighted by atomic mass is 15.1. The molecular formula is C12H21N3. The lowest BCUT2D eigenvalue weighted by Gasteiger charge is -2.31. The number of nitrogens with two attached hydrogens (primary N) is 1. The number of hydrogen-bond donors (Lipinski definition) is 1. The fourth-order valence-electron chi connectivity index (χ4n) is 1.57. The normalized spacial score (nSPS) is 12.9. The van der Waals surface area contributed by atoms with Crippen molar-refractivity contribution in [2.75, 3.05) is 11.9 Å². The van der Waals surface area contributed by atoms with E-state index in [1.807, 2.05) is 6.07 Å². The number of rotatable bonds is 4. The number of anilines is 1. The summed E-state index contributed by atoms with van der Waals surface area (Å²) in [5.41, 5.74) is 7.78. The number of nitrogens with zero attached hydrogens (tertiary/aromatic N) is 2. The summed E-state index contributed by atoms with van der Waals surface area (Å²) in [5.74, 6) is 0.612. The third kappa shape index (κ3) is 2.69. The van der Waals surface area contributed by atoms with Crippen LogP contribution in [0.4, 0.5) is 5.69 Å². The Hall–Kier alpha value is -1.09. The highest BCUT2D eigenvalue weighted by molar-refractivity contribution is 5.50. The standard InChI is InChI=1S/C12H21N3/c1-9(2)10(3)15(4)12-6-5-7-14-11(12)8-13/h5-7,9-10H,8,13H2,1-4H3. The Morgan fingerprint density at radius 3 is 2.60 bits per heavy atom. The molecule has 2 N–H and O–H groups in total. The van der Waals surface area contributed by atoms with Crippen molar-refractivity contribution in [2.45, 2.75) is 33.4 Å². The summed E-state index contributed by atoms with van der Waals surface area (Å²) in [6.45, 7) is 7.16. The summed E-state index contributed by atoms with van der Waals surface area (Å²) in [5, 5.41) is 0. The summed E-state index contributed by atoms with van der Waals surface area (Å²) in [4.78, 5) is 6.54. The molecule has 0 aliphatic rings. The molecule has 0 saturated heterocycles. The molecule has 0 spiro atoms. The van der Waals surface area contributed by atoms with Gasteiger partial charge in [-0.3, -0.25) is 4.98 Å². The Bertz CT molecular complexity index is 309. The first-order chi connectivity index (χ1) is 7.07. The topological polar surface area (TPSA) is 42.2 Å². The summed E-state index contributed by atoms with van der Waals surface area (Å²) in [7, 11) is 2.10. The van der Waals surface area contributed by atoms with Gasteiger partial charge in [-0.2, -0.15) is 0 Å². The SMILES string of the molecule is CC(C)C(C)N(C)c1cccnc1CN. The summed E-state index contributed by atoms with van der Waals surface area (Å²) >= 11 is 0. The van der Waals surface area contributed by atoms with Crippen molar-refractivity contribution in [3.8, 4) is 0 Å². The average molecular weight is 207 g/mol. The van der Waals surface area contributed by atoms with Crippen LogP contribution in [-0.2, 0) is 6.54 Å². The molecule has 3 nitrogen and oxygen atoms in total. The van der Waals surface area contributed by atoms with Crippen molar-refractivity contribution in [3.05, 3.63) is 24.0 Å². The monoisotopic (exact) mass is 207 g/mol. The van der Waals surface area contributed by atoms with Crippen LogP contribution in [0.15, 0.2) is 18.3 Å². The van der Waals surface area contributed by atoms with Crippen LogP contribution in [0.2, 0.25) is 0 Å². The minimum absolute atomic E-state index is 0.486. The van der Waals surface area contributed by atoms with E-state index in [9.17, 15) is 0 Å². The van der Waals surface area contributed by atoms with Gasteiger partial charge in [0.05, 0.1) is 11.4 Å². The Kier molecular flexibility index (Phi) is 4.09. The van der Waals surface area contributed by atoms with E-state index >= 15 is 0 Å². The molecule has 0 amide bonds. The van der Waals surface area contributed by atoms with Crippen LogP contribution < -0.4 is 10.6 Å². The first kappa shape index (κ1) is 12.0. The van der Waals surface area contributed by atoms with Gasteiger partial charge in [0.1, 0.15) is 0 Å². The molecule has 0 saturated carbocycles. The van der Waals surface area contributed by atoms with E-state index in [-0.39, 0.29) is 0 Å². The summed E-state index contributed by atoms with van der Waals surface area (Å²) < 4.78 is 0. The smallest absolute Gasteiger partial charge is 0.0772 e. The molecule has 1 aromatic heterocycles. The Balaban J connectivity index is 2.94. The van der Waals surface area contributed by atoms with Gasteiger partial charge in [0.2, 0.25) is 0 Å². The van der Waals surface area contributed by atoms with Gasteiger partial charge >= 0.3 is 0 Å². The molecule has 84 valence electrons. The van der Waals surface area contributed by atoms with Crippen molar-refractivity contribution < 1.29 is 0 Å². The molecule has 1 unspecified atom stereocenters. The highest BCUT2D eigenvalue weighted by Gasteiger charge is 2.15. The van der Waals surface area contributed by atoms with E-state index in [4.69, 9.17) is 5.73 Å². The van der Waals surface area contributed by atoms with Gasteiger partial charge in [0.25, 0.3) is 0 Å². The molecule has 0 aromatic carbocycles. The Morgan fingerprint density at radius 1 is 1.40 bits per heavy atom. The Morgan fingerprint density at radius 2 is 2.07 bits per heavy atom. The maximum atomic E-state index is 5.68. The van der Waals surface area contributed by atoms with Crippen LogP contribution in [0, 0.1) is 5.92 Å². The van der Waals surface area contributed by atoms with E-state index < -0.39 is 0 Å². The zero-order valence-corrected chi connectivity index (χ0v) is 10.1. The largest absolute Gasteiger partial charge is 0.370 e.